The summed E-state index contributed by atoms with van der Waals surface area (Å²) in [4.78, 5) is 31.0. The first-order valence-electron chi connectivity index (χ1n) is 13.4. The first kappa shape index (κ1) is 21.4. The number of aromatic amines is 3. The molecule has 3 aromatic heterocycles. The molecule has 0 saturated heterocycles. The zero-order valence-corrected chi connectivity index (χ0v) is 21.2. The number of allylic oxidation sites excluding steroid dienone is 5. The molecule has 1 atom stereocenters. The summed E-state index contributed by atoms with van der Waals surface area (Å²) in [5, 5.41) is 8.61. The molecular weight excluding hydrogens is 496 g/mol. The van der Waals surface area contributed by atoms with Crippen LogP contribution in [0.1, 0.15) is 5.56 Å². The molecule has 8 bridgehead atoms. The van der Waals surface area contributed by atoms with Crippen molar-refractivity contribution in [1.29, 1.82) is 0 Å². The average Bonchev–Trinajstić information content (AvgIpc) is 3.73. The van der Waals surface area contributed by atoms with Crippen molar-refractivity contribution < 1.29 is 0 Å². The van der Waals surface area contributed by atoms with Gasteiger partial charge in [-0.2, -0.15) is 0 Å². The lowest BCUT2D eigenvalue weighted by Gasteiger charge is -2.09. The second-order valence-corrected chi connectivity index (χ2v) is 10.2. The molecule has 4 N–H and O–H groups in total. The summed E-state index contributed by atoms with van der Waals surface area (Å²) in [6, 6.07) is 16.4. The van der Waals surface area contributed by atoms with Crippen LogP contribution in [0.25, 0.3) is 27.6 Å². The first-order valence-corrected chi connectivity index (χ1v) is 13.4. The third kappa shape index (κ3) is 3.07. The molecular formula is C32H22N8. The van der Waals surface area contributed by atoms with Crippen LogP contribution in [0.4, 0.5) is 17.5 Å². The van der Waals surface area contributed by atoms with Gasteiger partial charge in [0, 0.05) is 37.9 Å². The Kier molecular flexibility index (Phi) is 4.29. The molecule has 1 unspecified atom stereocenters. The van der Waals surface area contributed by atoms with Crippen LogP contribution in [-0.2, 0) is 6.42 Å². The maximum Gasteiger partial charge on any atom is 0.142 e. The SMILES string of the molecule is C1=CCc2c3[nH]c(c2=C1)=Nc1[nH]c(c2ccccc12)N=C1NC(=C2C=CC=CC12)N=c1[nH]c(c2ccccc12)=N3. The van der Waals surface area contributed by atoms with Crippen LogP contribution in [-0.4, -0.2) is 20.8 Å². The Bertz CT molecular complexity index is 2330. The van der Waals surface area contributed by atoms with Crippen LogP contribution < -0.4 is 27.0 Å². The fourth-order valence-corrected chi connectivity index (χ4v) is 6.01. The maximum absolute atomic E-state index is 5.12. The van der Waals surface area contributed by atoms with Crippen LogP contribution >= 0.6 is 0 Å². The minimum absolute atomic E-state index is 0.0220. The molecule has 5 aromatic rings. The zero-order valence-electron chi connectivity index (χ0n) is 21.2. The predicted molar refractivity (Wildman–Crippen MR) is 156 cm³/mol. The molecule has 0 saturated carbocycles. The largest absolute Gasteiger partial charge is 0.327 e. The van der Waals surface area contributed by atoms with Gasteiger partial charge in [0.2, 0.25) is 0 Å². The molecule has 40 heavy (non-hydrogen) atoms. The third-order valence-electron chi connectivity index (χ3n) is 7.92. The number of nitrogens with zero attached hydrogens (tertiary/aromatic N) is 4. The Morgan fingerprint density at radius 3 is 2.20 bits per heavy atom. The van der Waals surface area contributed by atoms with Crippen molar-refractivity contribution in [1.82, 2.24) is 20.3 Å². The fourth-order valence-electron chi connectivity index (χ4n) is 6.01. The van der Waals surface area contributed by atoms with Crippen molar-refractivity contribution in [3.8, 4) is 0 Å². The van der Waals surface area contributed by atoms with Gasteiger partial charge in [-0.3, -0.25) is 0 Å². The van der Waals surface area contributed by atoms with Gasteiger partial charge in [0.25, 0.3) is 0 Å². The topological polar surface area (TPSA) is 109 Å². The molecule has 190 valence electrons. The summed E-state index contributed by atoms with van der Waals surface area (Å²) in [5.74, 6) is 3.87. The highest BCUT2D eigenvalue weighted by molar-refractivity contribution is 6.03. The molecule has 0 spiro atoms. The summed E-state index contributed by atoms with van der Waals surface area (Å²) in [6.07, 6.45) is 15.5. The number of aliphatic imine (C=N–C) groups is 1. The summed E-state index contributed by atoms with van der Waals surface area (Å²) in [5.41, 5.74) is 4.47. The molecule has 0 radical (unpaired) electrons. The molecule has 9 rings (SSSR count). The number of fused-ring (bicyclic) bond motifs is 19. The van der Waals surface area contributed by atoms with E-state index in [1.54, 1.807) is 0 Å². The Hall–Kier alpha value is -5.50. The van der Waals surface area contributed by atoms with Crippen LogP contribution in [0.3, 0.4) is 0 Å². The molecule has 0 fully saturated rings. The number of hydrogen-bond donors (Lipinski definition) is 4. The quantitative estimate of drug-likeness (QED) is 0.244. The minimum atomic E-state index is -0.0220. The van der Waals surface area contributed by atoms with Crippen molar-refractivity contribution in [3.05, 3.63) is 124 Å². The van der Waals surface area contributed by atoms with Crippen molar-refractivity contribution in [2.75, 3.05) is 0 Å². The van der Waals surface area contributed by atoms with E-state index >= 15 is 0 Å². The summed E-state index contributed by atoms with van der Waals surface area (Å²) >= 11 is 0. The number of aromatic nitrogens is 3. The van der Waals surface area contributed by atoms with E-state index in [1.807, 2.05) is 30.3 Å². The van der Waals surface area contributed by atoms with E-state index in [1.165, 1.54) is 0 Å². The van der Waals surface area contributed by atoms with Gasteiger partial charge in [0.15, 0.2) is 0 Å². The molecule has 8 heteroatoms. The minimum Gasteiger partial charge on any atom is -0.327 e. The Morgan fingerprint density at radius 2 is 1.38 bits per heavy atom. The highest BCUT2D eigenvalue weighted by atomic mass is 15.2. The van der Waals surface area contributed by atoms with Gasteiger partial charge in [-0.1, -0.05) is 91.1 Å². The van der Waals surface area contributed by atoms with Gasteiger partial charge in [-0.25, -0.2) is 20.0 Å². The van der Waals surface area contributed by atoms with Gasteiger partial charge in [0.1, 0.15) is 45.6 Å². The third-order valence-corrected chi connectivity index (χ3v) is 7.92. The van der Waals surface area contributed by atoms with Crippen LogP contribution in [0.2, 0.25) is 0 Å². The predicted octanol–water partition coefficient (Wildman–Crippen LogP) is 3.99. The van der Waals surface area contributed by atoms with Gasteiger partial charge in [-0.05, 0) is 6.42 Å². The number of rotatable bonds is 0. The van der Waals surface area contributed by atoms with Crippen molar-refractivity contribution in [2.45, 2.75) is 6.42 Å². The number of benzene rings is 2. The average molecular weight is 519 g/mol. The Morgan fingerprint density at radius 1 is 0.650 bits per heavy atom. The van der Waals surface area contributed by atoms with E-state index < -0.39 is 0 Å². The molecule has 4 aliphatic rings. The number of amidine groups is 1. The van der Waals surface area contributed by atoms with E-state index in [9.17, 15) is 0 Å². The summed E-state index contributed by atoms with van der Waals surface area (Å²) in [7, 11) is 0. The van der Waals surface area contributed by atoms with E-state index in [2.05, 4.69) is 81.0 Å². The lowest BCUT2D eigenvalue weighted by atomic mass is 9.96. The van der Waals surface area contributed by atoms with E-state index in [4.69, 9.17) is 20.0 Å². The van der Waals surface area contributed by atoms with Crippen LogP contribution in [0, 0.1) is 5.92 Å². The standard InChI is InChI=1S/C32H22N8/c1-2-10-18-17(9-1)25-33-26(18)38-28-21-13-5-6-14-22(21)30(35-28)40-32-24-16-8-7-15-23(24)31(36-32)39-29-20-12-4-3-11-19(20)27(34-29)37-25/h1-15,17,34H,16H2,(H,33,37)(H,36,39)(H,35,38,40). The lowest BCUT2D eigenvalue weighted by molar-refractivity contribution is 1.01. The fraction of sp³-hybridized carbons (Fsp3) is 0.0625. The molecule has 2 aromatic carbocycles. The molecule has 2 aliphatic carbocycles. The van der Waals surface area contributed by atoms with Crippen LogP contribution in [0.5, 0.6) is 0 Å². The molecule has 2 aliphatic heterocycles. The monoisotopic (exact) mass is 518 g/mol. The number of nitrogens with one attached hydrogen (secondary N) is 4. The van der Waals surface area contributed by atoms with Crippen LogP contribution in [0.15, 0.2) is 116 Å². The highest BCUT2D eigenvalue weighted by Crippen LogP contribution is 2.36. The second kappa shape index (κ2) is 8.00. The smallest absolute Gasteiger partial charge is 0.142 e. The second-order valence-electron chi connectivity index (χ2n) is 10.2. The Balaban J connectivity index is 1.44. The molecule has 5 heterocycles. The summed E-state index contributed by atoms with van der Waals surface area (Å²) < 4.78 is 0. The maximum atomic E-state index is 5.12. The number of H-pyrrole nitrogens is 3. The highest BCUT2D eigenvalue weighted by Gasteiger charge is 2.30. The normalized spacial score (nSPS) is 18.4. The molecule has 8 nitrogen and oxygen atoms in total. The lowest BCUT2D eigenvalue weighted by Crippen LogP contribution is -2.25. The Labute approximate surface area is 227 Å². The van der Waals surface area contributed by atoms with E-state index in [0.29, 0.717) is 0 Å². The van der Waals surface area contributed by atoms with E-state index in [-0.39, 0.29) is 5.92 Å². The first-order chi connectivity index (χ1) is 19.8. The van der Waals surface area contributed by atoms with E-state index in [0.717, 1.165) is 89.9 Å². The van der Waals surface area contributed by atoms with Crippen molar-refractivity contribution >= 4 is 50.9 Å². The summed E-state index contributed by atoms with van der Waals surface area (Å²) in [6.45, 7) is 0. The zero-order chi connectivity index (χ0) is 26.2. The van der Waals surface area contributed by atoms with Gasteiger partial charge < -0.3 is 20.3 Å². The molecule has 0 amide bonds. The van der Waals surface area contributed by atoms with Crippen molar-refractivity contribution in [2.24, 2.45) is 25.9 Å². The van der Waals surface area contributed by atoms with Gasteiger partial charge in [0.05, 0.1) is 5.92 Å². The van der Waals surface area contributed by atoms with Crippen molar-refractivity contribution in [3.63, 3.8) is 0 Å². The number of hydrogen-bond acceptors (Lipinski definition) is 5. The van der Waals surface area contributed by atoms with Gasteiger partial charge in [-0.15, -0.1) is 0 Å². The van der Waals surface area contributed by atoms with Gasteiger partial charge >= 0.3 is 0 Å².